The SMILES string of the molecule is CC/C=C\C/C=C\C/C=C\CCCCCCCCCC(=O)OC(CO)COP(=O)(O)OCC(CO)OC(=O)CCCCCCCCC/C=C\C/C=C\C/C=C\CC. The number of carbonyl (C=O) groups excluding carboxylic acids is 2. The van der Waals surface area contributed by atoms with Crippen LogP contribution in [0.1, 0.15) is 168 Å². The molecule has 0 aliphatic heterocycles. The molecule has 0 aliphatic carbocycles. The number of hydrogen-bond acceptors (Lipinski definition) is 9. The lowest BCUT2D eigenvalue weighted by Gasteiger charge is -2.20. The Morgan fingerprint density at radius 2 is 0.772 bits per heavy atom. The largest absolute Gasteiger partial charge is 0.472 e. The first kappa shape index (κ1) is 54.4. The molecule has 2 atom stereocenters. The van der Waals surface area contributed by atoms with Gasteiger partial charge in [0.1, 0.15) is 12.2 Å². The molecule has 0 radical (unpaired) electrons. The first-order valence-electron chi connectivity index (χ1n) is 21.9. The van der Waals surface area contributed by atoms with E-state index in [-0.39, 0.29) is 12.8 Å². The zero-order valence-electron chi connectivity index (χ0n) is 35.5. The van der Waals surface area contributed by atoms with Gasteiger partial charge in [-0.2, -0.15) is 0 Å². The molecule has 328 valence electrons. The first-order chi connectivity index (χ1) is 27.8. The van der Waals surface area contributed by atoms with E-state index in [4.69, 9.17) is 18.5 Å². The van der Waals surface area contributed by atoms with Crippen LogP contribution in [0.2, 0.25) is 0 Å². The van der Waals surface area contributed by atoms with E-state index in [1.807, 2.05) is 0 Å². The van der Waals surface area contributed by atoms with Gasteiger partial charge in [-0.05, 0) is 77.0 Å². The monoisotopic (exact) mass is 823 g/mol. The number of ether oxygens (including phenoxy) is 2. The van der Waals surface area contributed by atoms with Crippen LogP contribution in [0.5, 0.6) is 0 Å². The molecule has 0 saturated heterocycles. The van der Waals surface area contributed by atoms with Gasteiger partial charge in [-0.3, -0.25) is 18.6 Å². The standard InChI is InChI=1S/C46H79O10P/c1-3-5-7-9-11-13-15-17-19-21-23-25-27-29-31-33-35-37-45(49)55-43(39-47)41-53-57(51,52)54-42-44(40-48)56-46(50)38-36-34-32-30-28-26-24-22-20-18-16-14-12-10-8-6-4-2/h5-8,11-14,17-20,43-44,47-48H,3-4,9-10,15-16,21-42H2,1-2H3,(H,51,52)/b7-5-,8-6-,13-11-,14-12-,19-17-,20-18-. The van der Waals surface area contributed by atoms with Gasteiger partial charge in [-0.1, -0.05) is 151 Å². The molecule has 0 aliphatic rings. The fraction of sp³-hybridized carbons (Fsp3) is 0.696. The summed E-state index contributed by atoms with van der Waals surface area (Å²) < 4.78 is 32.6. The average Bonchev–Trinajstić information content (AvgIpc) is 3.20. The quantitative estimate of drug-likeness (QED) is 0.0236. The molecule has 0 aromatic rings. The van der Waals surface area contributed by atoms with Gasteiger partial charge in [0.05, 0.1) is 26.4 Å². The zero-order chi connectivity index (χ0) is 41.9. The van der Waals surface area contributed by atoms with E-state index in [0.717, 1.165) is 103 Å². The van der Waals surface area contributed by atoms with Crippen LogP contribution in [0.15, 0.2) is 72.9 Å². The molecule has 57 heavy (non-hydrogen) atoms. The maximum absolute atomic E-state index is 12.4. The Balaban J connectivity index is 3.95. The summed E-state index contributed by atoms with van der Waals surface area (Å²) in [4.78, 5) is 34.5. The topological polar surface area (TPSA) is 149 Å². The van der Waals surface area contributed by atoms with E-state index in [1.54, 1.807) is 0 Å². The van der Waals surface area contributed by atoms with Crippen LogP contribution in [-0.2, 0) is 32.7 Å². The molecule has 3 N–H and O–H groups in total. The van der Waals surface area contributed by atoms with Crippen LogP contribution in [0.3, 0.4) is 0 Å². The van der Waals surface area contributed by atoms with Crippen molar-refractivity contribution >= 4 is 19.8 Å². The molecule has 0 heterocycles. The van der Waals surface area contributed by atoms with Gasteiger partial charge in [-0.15, -0.1) is 0 Å². The molecule has 0 rings (SSSR count). The Kier molecular flexibility index (Phi) is 39.7. The fourth-order valence-corrected chi connectivity index (χ4v) is 6.40. The van der Waals surface area contributed by atoms with Gasteiger partial charge in [-0.25, -0.2) is 4.57 Å². The highest BCUT2D eigenvalue weighted by Gasteiger charge is 2.27. The first-order valence-corrected chi connectivity index (χ1v) is 23.4. The van der Waals surface area contributed by atoms with Crippen molar-refractivity contribution in [2.45, 2.75) is 180 Å². The highest BCUT2D eigenvalue weighted by atomic mass is 31.2. The summed E-state index contributed by atoms with van der Waals surface area (Å²) in [6.07, 6.45) is 47.2. The van der Waals surface area contributed by atoms with Crippen molar-refractivity contribution in [3.05, 3.63) is 72.9 Å². The van der Waals surface area contributed by atoms with Crippen LogP contribution < -0.4 is 0 Å². The second kappa shape index (κ2) is 41.6. The maximum atomic E-state index is 12.4. The Bertz CT molecular complexity index is 1090. The van der Waals surface area contributed by atoms with Crippen molar-refractivity contribution in [3.8, 4) is 0 Å². The van der Waals surface area contributed by atoms with Crippen LogP contribution in [0, 0.1) is 0 Å². The number of aliphatic hydroxyl groups excluding tert-OH is 2. The molecule has 11 heteroatoms. The fourth-order valence-electron chi connectivity index (χ4n) is 5.61. The second-order valence-corrected chi connectivity index (χ2v) is 15.7. The normalized spacial score (nSPS) is 14.5. The maximum Gasteiger partial charge on any atom is 0.472 e. The minimum absolute atomic E-state index is 0.177. The van der Waals surface area contributed by atoms with Crippen LogP contribution >= 0.6 is 7.82 Å². The average molecular weight is 823 g/mol. The summed E-state index contributed by atoms with van der Waals surface area (Å²) in [5.41, 5.74) is 0. The van der Waals surface area contributed by atoms with E-state index in [2.05, 4.69) is 86.8 Å². The number of hydrogen-bond donors (Lipinski definition) is 3. The predicted molar refractivity (Wildman–Crippen MR) is 233 cm³/mol. The molecule has 0 aromatic carbocycles. The Hall–Kier alpha value is -2.59. The van der Waals surface area contributed by atoms with Crippen molar-refractivity contribution in [2.75, 3.05) is 26.4 Å². The number of rotatable bonds is 40. The van der Waals surface area contributed by atoms with E-state index in [1.165, 1.54) is 25.7 Å². The van der Waals surface area contributed by atoms with E-state index < -0.39 is 58.4 Å². The van der Waals surface area contributed by atoms with Crippen molar-refractivity contribution < 1.29 is 47.8 Å². The third-order valence-corrected chi connectivity index (χ3v) is 9.86. The lowest BCUT2D eigenvalue weighted by atomic mass is 10.1. The summed E-state index contributed by atoms with van der Waals surface area (Å²) in [6.45, 7) is 1.95. The summed E-state index contributed by atoms with van der Waals surface area (Å²) in [5, 5.41) is 19.2. The summed E-state index contributed by atoms with van der Waals surface area (Å²) in [5.74, 6) is -1.04. The highest BCUT2D eigenvalue weighted by molar-refractivity contribution is 7.47. The Morgan fingerprint density at radius 3 is 1.11 bits per heavy atom. The van der Waals surface area contributed by atoms with E-state index >= 15 is 0 Å². The van der Waals surface area contributed by atoms with Crippen molar-refractivity contribution in [1.82, 2.24) is 0 Å². The molecule has 0 bridgehead atoms. The number of carbonyl (C=O) groups is 2. The number of unbranched alkanes of at least 4 members (excludes halogenated alkanes) is 14. The van der Waals surface area contributed by atoms with Crippen LogP contribution in [0.4, 0.5) is 0 Å². The lowest BCUT2D eigenvalue weighted by Crippen LogP contribution is -2.28. The number of allylic oxidation sites excluding steroid dienone is 12. The third-order valence-electron chi connectivity index (χ3n) is 8.91. The molecule has 0 amide bonds. The van der Waals surface area contributed by atoms with Gasteiger partial charge < -0.3 is 24.6 Å². The summed E-state index contributed by atoms with van der Waals surface area (Å²) in [7, 11) is -4.65. The minimum atomic E-state index is -4.65. The minimum Gasteiger partial charge on any atom is -0.457 e. The van der Waals surface area contributed by atoms with Crippen molar-refractivity contribution in [2.24, 2.45) is 0 Å². The zero-order valence-corrected chi connectivity index (χ0v) is 36.4. The third kappa shape index (κ3) is 40.0. The Morgan fingerprint density at radius 1 is 0.474 bits per heavy atom. The number of phosphoric ester groups is 1. The van der Waals surface area contributed by atoms with Crippen LogP contribution in [-0.4, -0.2) is 65.7 Å². The second-order valence-electron chi connectivity index (χ2n) is 14.3. The molecule has 2 unspecified atom stereocenters. The van der Waals surface area contributed by atoms with Gasteiger partial charge in [0.25, 0.3) is 0 Å². The molecule has 0 spiro atoms. The molecular weight excluding hydrogens is 743 g/mol. The number of phosphoric acid groups is 1. The predicted octanol–water partition coefficient (Wildman–Crippen LogP) is 11.7. The van der Waals surface area contributed by atoms with Gasteiger partial charge >= 0.3 is 19.8 Å². The summed E-state index contributed by atoms with van der Waals surface area (Å²) in [6, 6.07) is 0. The van der Waals surface area contributed by atoms with E-state index in [9.17, 15) is 29.3 Å². The molecule has 0 fully saturated rings. The molecule has 0 saturated carbocycles. The number of esters is 2. The van der Waals surface area contributed by atoms with Gasteiger partial charge in [0.2, 0.25) is 0 Å². The van der Waals surface area contributed by atoms with Gasteiger partial charge in [0, 0.05) is 12.8 Å². The smallest absolute Gasteiger partial charge is 0.457 e. The van der Waals surface area contributed by atoms with E-state index in [0.29, 0.717) is 12.8 Å². The van der Waals surface area contributed by atoms with Gasteiger partial charge in [0.15, 0.2) is 0 Å². The molecule has 10 nitrogen and oxygen atoms in total. The molecule has 0 aromatic heterocycles. The molecular formula is C46H79O10P. The Labute approximate surface area is 346 Å². The number of aliphatic hydroxyl groups is 2. The van der Waals surface area contributed by atoms with Crippen molar-refractivity contribution in [3.63, 3.8) is 0 Å². The van der Waals surface area contributed by atoms with Crippen molar-refractivity contribution in [1.29, 1.82) is 0 Å². The lowest BCUT2D eigenvalue weighted by molar-refractivity contribution is -0.153. The highest BCUT2D eigenvalue weighted by Crippen LogP contribution is 2.43. The summed E-state index contributed by atoms with van der Waals surface area (Å²) >= 11 is 0. The van der Waals surface area contributed by atoms with Crippen LogP contribution in [0.25, 0.3) is 0 Å².